The Labute approximate surface area is 134 Å². The van der Waals surface area contributed by atoms with E-state index in [1.54, 1.807) is 6.33 Å². The standard InChI is InChI=1S/C17H19N5O/c1-2-8-13(9-3-1)20-17-21-15-14(18-11-19-15)16(22-17)23-10-12-6-4-5-7-12/h1-3,8-9,11-12H,4-7,10H2,(H2,18,19,20,21,22). The monoisotopic (exact) mass is 309 g/mol. The number of anilines is 2. The highest BCUT2D eigenvalue weighted by Crippen LogP contribution is 2.27. The van der Waals surface area contributed by atoms with Gasteiger partial charge < -0.3 is 15.0 Å². The Morgan fingerprint density at radius 1 is 1.13 bits per heavy atom. The number of benzene rings is 1. The van der Waals surface area contributed by atoms with Crippen LogP contribution in [0.5, 0.6) is 5.88 Å². The molecule has 0 radical (unpaired) electrons. The average Bonchev–Trinajstić information content (AvgIpc) is 3.25. The fourth-order valence-corrected chi connectivity index (χ4v) is 2.99. The third-order valence-electron chi connectivity index (χ3n) is 4.21. The van der Waals surface area contributed by atoms with Gasteiger partial charge >= 0.3 is 0 Å². The highest BCUT2D eigenvalue weighted by molar-refractivity contribution is 5.77. The summed E-state index contributed by atoms with van der Waals surface area (Å²) in [4.78, 5) is 16.2. The number of fused-ring (bicyclic) bond motifs is 1. The van der Waals surface area contributed by atoms with Gasteiger partial charge in [0.25, 0.3) is 0 Å². The first-order valence-electron chi connectivity index (χ1n) is 8.04. The van der Waals surface area contributed by atoms with Gasteiger partial charge in [-0.1, -0.05) is 31.0 Å². The molecule has 1 aliphatic carbocycles. The molecule has 0 aliphatic heterocycles. The summed E-state index contributed by atoms with van der Waals surface area (Å²) in [5.41, 5.74) is 2.30. The molecule has 0 atom stereocenters. The Bertz CT molecular complexity index is 780. The molecule has 0 unspecified atom stereocenters. The van der Waals surface area contributed by atoms with Crippen molar-refractivity contribution in [3.63, 3.8) is 0 Å². The van der Waals surface area contributed by atoms with Crippen molar-refractivity contribution in [3.8, 4) is 5.88 Å². The van der Waals surface area contributed by atoms with Crippen LogP contribution in [0.4, 0.5) is 11.6 Å². The first-order chi connectivity index (χ1) is 11.4. The van der Waals surface area contributed by atoms with Crippen molar-refractivity contribution >= 4 is 22.8 Å². The Balaban J connectivity index is 1.58. The third kappa shape index (κ3) is 3.11. The molecular formula is C17H19N5O. The van der Waals surface area contributed by atoms with Crippen molar-refractivity contribution < 1.29 is 4.74 Å². The summed E-state index contributed by atoms with van der Waals surface area (Å²) in [5, 5.41) is 3.20. The lowest BCUT2D eigenvalue weighted by Gasteiger charge is -2.12. The number of nitrogens with zero attached hydrogens (tertiary/aromatic N) is 3. The van der Waals surface area contributed by atoms with E-state index in [-0.39, 0.29) is 0 Å². The Hall–Kier alpha value is -2.63. The summed E-state index contributed by atoms with van der Waals surface area (Å²) in [6.07, 6.45) is 6.71. The van der Waals surface area contributed by atoms with Crippen LogP contribution in [0.15, 0.2) is 36.7 Å². The van der Waals surface area contributed by atoms with E-state index in [9.17, 15) is 0 Å². The fourth-order valence-electron chi connectivity index (χ4n) is 2.99. The Morgan fingerprint density at radius 2 is 1.96 bits per heavy atom. The SMILES string of the molecule is c1ccc(Nc2nc(OCC3CCCC3)c3[nH]cnc3n2)cc1. The average molecular weight is 309 g/mol. The van der Waals surface area contributed by atoms with E-state index in [1.807, 2.05) is 30.3 Å². The number of imidazole rings is 1. The maximum absolute atomic E-state index is 5.98. The van der Waals surface area contributed by atoms with Crippen molar-refractivity contribution in [1.29, 1.82) is 0 Å². The van der Waals surface area contributed by atoms with Gasteiger partial charge in [0, 0.05) is 5.69 Å². The minimum atomic E-state index is 0.497. The van der Waals surface area contributed by atoms with Gasteiger partial charge in [0.2, 0.25) is 11.8 Å². The van der Waals surface area contributed by atoms with Gasteiger partial charge in [-0.2, -0.15) is 9.97 Å². The summed E-state index contributed by atoms with van der Waals surface area (Å²) >= 11 is 0. The normalized spacial score (nSPS) is 15.1. The lowest BCUT2D eigenvalue weighted by Crippen LogP contribution is -2.10. The number of hydrogen-bond donors (Lipinski definition) is 2. The maximum Gasteiger partial charge on any atom is 0.245 e. The number of aromatic amines is 1. The fraction of sp³-hybridized carbons (Fsp3) is 0.353. The molecule has 4 rings (SSSR count). The highest BCUT2D eigenvalue weighted by atomic mass is 16.5. The van der Waals surface area contributed by atoms with E-state index in [2.05, 4.69) is 25.3 Å². The van der Waals surface area contributed by atoms with Gasteiger partial charge in [-0.15, -0.1) is 0 Å². The first-order valence-corrected chi connectivity index (χ1v) is 8.04. The summed E-state index contributed by atoms with van der Waals surface area (Å²) in [6, 6.07) is 9.84. The second-order valence-corrected chi connectivity index (χ2v) is 5.91. The number of aromatic nitrogens is 4. The molecule has 1 fully saturated rings. The van der Waals surface area contributed by atoms with Gasteiger partial charge in [0.05, 0.1) is 12.9 Å². The molecular weight excluding hydrogens is 290 g/mol. The van der Waals surface area contributed by atoms with Crippen LogP contribution >= 0.6 is 0 Å². The molecule has 0 bridgehead atoms. The van der Waals surface area contributed by atoms with E-state index in [1.165, 1.54) is 25.7 Å². The van der Waals surface area contributed by atoms with Crippen LogP contribution in [0.25, 0.3) is 11.2 Å². The number of ether oxygens (including phenoxy) is 1. The zero-order valence-electron chi connectivity index (χ0n) is 12.8. The predicted octanol–water partition coefficient (Wildman–Crippen LogP) is 3.67. The zero-order chi connectivity index (χ0) is 15.5. The molecule has 0 spiro atoms. The van der Waals surface area contributed by atoms with Crippen LogP contribution < -0.4 is 10.1 Å². The van der Waals surface area contributed by atoms with Crippen molar-refractivity contribution in [2.75, 3.05) is 11.9 Å². The minimum absolute atomic E-state index is 0.497. The van der Waals surface area contributed by atoms with Crippen LogP contribution in [-0.2, 0) is 0 Å². The van der Waals surface area contributed by atoms with Gasteiger partial charge in [0.15, 0.2) is 5.65 Å². The Kier molecular flexibility index (Phi) is 3.80. The number of rotatable bonds is 5. The van der Waals surface area contributed by atoms with E-state index in [4.69, 9.17) is 4.74 Å². The number of hydrogen-bond acceptors (Lipinski definition) is 5. The van der Waals surface area contributed by atoms with Crippen molar-refractivity contribution in [1.82, 2.24) is 19.9 Å². The largest absolute Gasteiger partial charge is 0.476 e. The number of nitrogens with one attached hydrogen (secondary N) is 2. The van der Waals surface area contributed by atoms with E-state index < -0.39 is 0 Å². The molecule has 0 saturated heterocycles. The van der Waals surface area contributed by atoms with Crippen LogP contribution in [0.1, 0.15) is 25.7 Å². The summed E-state index contributed by atoms with van der Waals surface area (Å²) < 4.78 is 5.98. The van der Waals surface area contributed by atoms with Gasteiger partial charge in [-0.05, 0) is 30.9 Å². The number of para-hydroxylation sites is 1. The molecule has 118 valence electrons. The van der Waals surface area contributed by atoms with Crippen molar-refractivity contribution in [2.45, 2.75) is 25.7 Å². The summed E-state index contributed by atoms with van der Waals surface area (Å²) in [7, 11) is 0. The maximum atomic E-state index is 5.98. The minimum Gasteiger partial charge on any atom is -0.476 e. The summed E-state index contributed by atoms with van der Waals surface area (Å²) in [6.45, 7) is 0.704. The molecule has 23 heavy (non-hydrogen) atoms. The second kappa shape index (κ2) is 6.24. The third-order valence-corrected chi connectivity index (χ3v) is 4.21. The number of H-pyrrole nitrogens is 1. The van der Waals surface area contributed by atoms with E-state index in [0.717, 1.165) is 11.2 Å². The lowest BCUT2D eigenvalue weighted by atomic mass is 10.1. The smallest absolute Gasteiger partial charge is 0.245 e. The molecule has 1 saturated carbocycles. The van der Waals surface area contributed by atoms with Crippen molar-refractivity contribution in [2.24, 2.45) is 5.92 Å². The van der Waals surface area contributed by atoms with E-state index >= 15 is 0 Å². The van der Waals surface area contributed by atoms with Crippen LogP contribution in [0.2, 0.25) is 0 Å². The molecule has 3 aromatic rings. The highest BCUT2D eigenvalue weighted by Gasteiger charge is 2.18. The molecule has 2 heterocycles. The van der Waals surface area contributed by atoms with Gasteiger partial charge in [-0.25, -0.2) is 4.98 Å². The van der Waals surface area contributed by atoms with Crippen LogP contribution in [-0.4, -0.2) is 26.5 Å². The molecule has 6 heteroatoms. The molecule has 1 aromatic carbocycles. The van der Waals surface area contributed by atoms with Crippen LogP contribution in [0, 0.1) is 5.92 Å². The predicted molar refractivity (Wildman–Crippen MR) is 88.9 cm³/mol. The molecule has 0 amide bonds. The van der Waals surface area contributed by atoms with Gasteiger partial charge in [-0.3, -0.25) is 0 Å². The van der Waals surface area contributed by atoms with Crippen molar-refractivity contribution in [3.05, 3.63) is 36.7 Å². The van der Waals surface area contributed by atoms with Crippen LogP contribution in [0.3, 0.4) is 0 Å². The molecule has 2 N–H and O–H groups in total. The Morgan fingerprint density at radius 3 is 2.78 bits per heavy atom. The molecule has 2 aromatic heterocycles. The topological polar surface area (TPSA) is 75.7 Å². The lowest BCUT2D eigenvalue weighted by molar-refractivity contribution is 0.246. The summed E-state index contributed by atoms with van der Waals surface area (Å²) in [5.74, 6) is 1.70. The molecule has 6 nitrogen and oxygen atoms in total. The first kappa shape index (κ1) is 14.0. The quantitative estimate of drug-likeness (QED) is 0.752. The second-order valence-electron chi connectivity index (χ2n) is 5.91. The zero-order valence-corrected chi connectivity index (χ0v) is 12.8. The molecule has 1 aliphatic rings. The van der Waals surface area contributed by atoms with Gasteiger partial charge in [0.1, 0.15) is 5.52 Å². The van der Waals surface area contributed by atoms with E-state index in [0.29, 0.717) is 30.0 Å².